The average Bonchev–Trinajstić information content (AvgIpc) is 2.82. The Bertz CT molecular complexity index is 566. The fraction of sp³-hybridized carbons (Fsp3) is 0.500. The highest BCUT2D eigenvalue weighted by molar-refractivity contribution is 5.93. The van der Waals surface area contributed by atoms with Crippen molar-refractivity contribution >= 4 is 11.8 Å². The molecular formula is C12H18N6O2. The minimum absolute atomic E-state index is 0.0604. The summed E-state index contributed by atoms with van der Waals surface area (Å²) in [6, 6.07) is -0.0605. The van der Waals surface area contributed by atoms with Crippen LogP contribution in [0.3, 0.4) is 0 Å². The van der Waals surface area contributed by atoms with E-state index >= 15 is 0 Å². The summed E-state index contributed by atoms with van der Waals surface area (Å²) < 4.78 is 1.88. The first-order valence-corrected chi connectivity index (χ1v) is 6.50. The SMILES string of the molecule is NC1=NC(N)c2ncn([C@@H]3C=C[C@H](CO)[C@@H](O)C3)c2N1. The van der Waals surface area contributed by atoms with Crippen molar-refractivity contribution in [3.63, 3.8) is 0 Å². The van der Waals surface area contributed by atoms with Crippen LogP contribution in [0.25, 0.3) is 0 Å². The van der Waals surface area contributed by atoms with E-state index in [4.69, 9.17) is 16.6 Å². The molecule has 3 rings (SSSR count). The number of aliphatic hydroxyl groups is 2. The summed E-state index contributed by atoms with van der Waals surface area (Å²) in [7, 11) is 0. The number of nitrogens with one attached hydrogen (secondary N) is 1. The van der Waals surface area contributed by atoms with Gasteiger partial charge in [0.2, 0.25) is 0 Å². The maximum Gasteiger partial charge on any atom is 0.196 e. The van der Waals surface area contributed by atoms with Gasteiger partial charge in [0, 0.05) is 5.92 Å². The Morgan fingerprint density at radius 2 is 2.25 bits per heavy atom. The van der Waals surface area contributed by atoms with Gasteiger partial charge in [0.1, 0.15) is 17.7 Å². The molecule has 1 aliphatic carbocycles. The Kier molecular flexibility index (Phi) is 3.20. The number of imidazole rings is 1. The molecule has 7 N–H and O–H groups in total. The molecule has 4 atom stereocenters. The Labute approximate surface area is 115 Å². The van der Waals surface area contributed by atoms with Crippen molar-refractivity contribution < 1.29 is 10.2 Å². The van der Waals surface area contributed by atoms with E-state index < -0.39 is 12.3 Å². The average molecular weight is 278 g/mol. The van der Waals surface area contributed by atoms with Crippen LogP contribution in [0.2, 0.25) is 0 Å². The molecular weight excluding hydrogens is 260 g/mol. The highest BCUT2D eigenvalue weighted by atomic mass is 16.3. The molecule has 2 aliphatic rings. The summed E-state index contributed by atoms with van der Waals surface area (Å²) in [5.41, 5.74) is 12.2. The number of aromatic nitrogens is 2. The predicted molar refractivity (Wildman–Crippen MR) is 73.8 cm³/mol. The first kappa shape index (κ1) is 13.1. The zero-order valence-corrected chi connectivity index (χ0v) is 10.8. The van der Waals surface area contributed by atoms with Gasteiger partial charge < -0.3 is 31.6 Å². The number of aliphatic imine (C=N–C) groups is 1. The van der Waals surface area contributed by atoms with Crippen molar-refractivity contribution in [3.05, 3.63) is 24.2 Å². The van der Waals surface area contributed by atoms with E-state index in [0.29, 0.717) is 17.9 Å². The van der Waals surface area contributed by atoms with Crippen LogP contribution in [0.5, 0.6) is 0 Å². The molecule has 1 aromatic heterocycles. The van der Waals surface area contributed by atoms with Gasteiger partial charge in [-0.15, -0.1) is 0 Å². The smallest absolute Gasteiger partial charge is 0.196 e. The second kappa shape index (κ2) is 4.89. The third-order valence-electron chi connectivity index (χ3n) is 3.75. The largest absolute Gasteiger partial charge is 0.396 e. The van der Waals surface area contributed by atoms with E-state index in [9.17, 15) is 5.11 Å². The molecule has 8 heteroatoms. The summed E-state index contributed by atoms with van der Waals surface area (Å²) >= 11 is 0. The van der Waals surface area contributed by atoms with E-state index in [0.717, 1.165) is 0 Å². The molecule has 0 fully saturated rings. The van der Waals surface area contributed by atoms with Crippen molar-refractivity contribution in [2.24, 2.45) is 22.4 Å². The van der Waals surface area contributed by atoms with Crippen LogP contribution in [-0.4, -0.2) is 38.4 Å². The van der Waals surface area contributed by atoms with Gasteiger partial charge in [-0.2, -0.15) is 0 Å². The molecule has 0 aromatic carbocycles. The van der Waals surface area contributed by atoms with Crippen molar-refractivity contribution in [1.29, 1.82) is 0 Å². The highest BCUT2D eigenvalue weighted by Gasteiger charge is 2.29. The van der Waals surface area contributed by atoms with Crippen LogP contribution in [-0.2, 0) is 0 Å². The quantitative estimate of drug-likeness (QED) is 0.443. The van der Waals surface area contributed by atoms with Crippen LogP contribution in [0, 0.1) is 5.92 Å². The lowest BCUT2D eigenvalue weighted by Gasteiger charge is -2.29. The number of nitrogens with zero attached hydrogens (tertiary/aromatic N) is 3. The maximum atomic E-state index is 10.0. The lowest BCUT2D eigenvalue weighted by atomic mass is 9.90. The molecule has 0 amide bonds. The Morgan fingerprint density at radius 1 is 1.45 bits per heavy atom. The molecule has 0 spiro atoms. The van der Waals surface area contributed by atoms with Crippen LogP contribution in [0.15, 0.2) is 23.5 Å². The zero-order chi connectivity index (χ0) is 14.3. The second-order valence-electron chi connectivity index (χ2n) is 5.07. The van der Waals surface area contributed by atoms with Gasteiger partial charge in [-0.3, -0.25) is 0 Å². The molecule has 20 heavy (non-hydrogen) atoms. The van der Waals surface area contributed by atoms with E-state index in [2.05, 4.69) is 15.3 Å². The number of guanidine groups is 1. The summed E-state index contributed by atoms with van der Waals surface area (Å²) in [6.45, 7) is -0.0604. The minimum Gasteiger partial charge on any atom is -0.396 e. The molecule has 0 bridgehead atoms. The molecule has 1 aromatic rings. The fourth-order valence-corrected chi connectivity index (χ4v) is 2.63. The zero-order valence-electron chi connectivity index (χ0n) is 10.8. The number of rotatable bonds is 2. The highest BCUT2D eigenvalue weighted by Crippen LogP contribution is 2.33. The van der Waals surface area contributed by atoms with E-state index in [-0.39, 0.29) is 24.5 Å². The van der Waals surface area contributed by atoms with Gasteiger partial charge in [0.25, 0.3) is 0 Å². The minimum atomic E-state index is -0.587. The molecule has 108 valence electrons. The lowest BCUT2D eigenvalue weighted by molar-refractivity contribution is 0.0700. The molecule has 0 saturated carbocycles. The van der Waals surface area contributed by atoms with E-state index in [1.807, 2.05) is 16.7 Å². The number of hydrogen-bond donors (Lipinski definition) is 5. The topological polar surface area (TPSA) is 135 Å². The van der Waals surface area contributed by atoms with Gasteiger partial charge in [-0.05, 0) is 6.42 Å². The first-order valence-electron chi connectivity index (χ1n) is 6.50. The Morgan fingerprint density at radius 3 is 2.95 bits per heavy atom. The van der Waals surface area contributed by atoms with Gasteiger partial charge in [-0.25, -0.2) is 9.98 Å². The Hall–Kier alpha value is -1.90. The summed E-state index contributed by atoms with van der Waals surface area (Å²) in [6.07, 6.45) is 4.77. The van der Waals surface area contributed by atoms with Crippen LogP contribution < -0.4 is 16.8 Å². The second-order valence-corrected chi connectivity index (χ2v) is 5.07. The number of anilines is 1. The van der Waals surface area contributed by atoms with Crippen LogP contribution in [0.4, 0.5) is 5.82 Å². The van der Waals surface area contributed by atoms with Crippen molar-refractivity contribution in [3.8, 4) is 0 Å². The van der Waals surface area contributed by atoms with Crippen LogP contribution in [0.1, 0.15) is 24.3 Å². The molecule has 1 unspecified atom stereocenters. The third kappa shape index (κ3) is 2.07. The summed E-state index contributed by atoms with van der Waals surface area (Å²) in [4.78, 5) is 8.27. The van der Waals surface area contributed by atoms with Gasteiger partial charge >= 0.3 is 0 Å². The molecule has 2 heterocycles. The van der Waals surface area contributed by atoms with Gasteiger partial charge in [-0.1, -0.05) is 12.2 Å². The number of hydrogen-bond acceptors (Lipinski definition) is 7. The van der Waals surface area contributed by atoms with Gasteiger partial charge in [0.05, 0.1) is 25.1 Å². The molecule has 1 aliphatic heterocycles. The van der Waals surface area contributed by atoms with Crippen molar-refractivity contribution in [2.45, 2.75) is 24.7 Å². The standard InChI is InChI=1S/C12H18N6O2/c13-10-9-11(17-12(14)16-10)18(5-15-9)7-2-1-6(4-19)8(20)3-7/h1-2,5-8,10,19-20H,3-4,13H2,(H3,14,16,17)/t6-,7-,8+,10?/m1/s1. The van der Waals surface area contributed by atoms with E-state index in [1.54, 1.807) is 6.33 Å². The van der Waals surface area contributed by atoms with Crippen molar-refractivity contribution in [1.82, 2.24) is 9.55 Å². The normalized spacial score (nSPS) is 32.5. The monoisotopic (exact) mass is 278 g/mol. The number of fused-ring (bicyclic) bond motifs is 1. The van der Waals surface area contributed by atoms with Crippen LogP contribution >= 0.6 is 0 Å². The Balaban J connectivity index is 1.91. The molecule has 8 nitrogen and oxygen atoms in total. The first-order chi connectivity index (χ1) is 9.60. The number of allylic oxidation sites excluding steroid dienone is 1. The molecule has 0 saturated heterocycles. The van der Waals surface area contributed by atoms with Crippen molar-refractivity contribution in [2.75, 3.05) is 11.9 Å². The molecule has 0 radical (unpaired) electrons. The lowest BCUT2D eigenvalue weighted by Crippen LogP contribution is -2.33. The number of nitrogens with two attached hydrogens (primary N) is 2. The summed E-state index contributed by atoms with van der Waals surface area (Å²) in [5, 5.41) is 22.1. The number of aliphatic hydroxyl groups excluding tert-OH is 2. The summed E-state index contributed by atoms with van der Waals surface area (Å²) in [5.74, 6) is 0.738. The predicted octanol–water partition coefficient (Wildman–Crippen LogP) is -0.949. The van der Waals surface area contributed by atoms with Gasteiger partial charge in [0.15, 0.2) is 5.96 Å². The third-order valence-corrected chi connectivity index (χ3v) is 3.75. The fourth-order valence-electron chi connectivity index (χ4n) is 2.63. The maximum absolute atomic E-state index is 10.0. The van der Waals surface area contributed by atoms with E-state index in [1.165, 1.54) is 0 Å².